The molecular formula is C13H13NO3. The number of fused-ring (bicyclic) bond motifs is 1. The predicted molar refractivity (Wildman–Crippen MR) is 65.3 cm³/mol. The van der Waals surface area contributed by atoms with Gasteiger partial charge in [0.05, 0.1) is 0 Å². The Morgan fingerprint density at radius 2 is 2.12 bits per heavy atom. The van der Waals surface area contributed by atoms with Crippen molar-refractivity contribution in [3.63, 3.8) is 0 Å². The Balaban J connectivity index is 2.43. The number of rotatable bonds is 3. The van der Waals surface area contributed by atoms with Gasteiger partial charge in [0, 0.05) is 29.1 Å². The van der Waals surface area contributed by atoms with Gasteiger partial charge in [0.2, 0.25) is 0 Å². The summed E-state index contributed by atoms with van der Waals surface area (Å²) in [6.07, 6.45) is 0.522. The number of hydrogen-bond acceptors (Lipinski definition) is 2. The molecule has 0 bridgehead atoms. The summed E-state index contributed by atoms with van der Waals surface area (Å²) in [5, 5.41) is 9.22. The Morgan fingerprint density at radius 1 is 1.35 bits per heavy atom. The number of aromatic amines is 1. The van der Waals surface area contributed by atoms with Crippen LogP contribution in [-0.2, 0) is 11.2 Å². The van der Waals surface area contributed by atoms with Crippen LogP contribution < -0.4 is 5.43 Å². The summed E-state index contributed by atoms with van der Waals surface area (Å²) in [6.45, 7) is 1.83. The molecule has 0 radical (unpaired) electrons. The minimum Gasteiger partial charge on any atom is -0.481 e. The third kappa shape index (κ3) is 2.53. The largest absolute Gasteiger partial charge is 0.481 e. The molecule has 0 amide bonds. The van der Waals surface area contributed by atoms with E-state index in [0.29, 0.717) is 11.8 Å². The van der Waals surface area contributed by atoms with Crippen molar-refractivity contribution in [2.75, 3.05) is 0 Å². The van der Waals surface area contributed by atoms with E-state index in [4.69, 9.17) is 5.11 Å². The average Bonchev–Trinajstić information content (AvgIpc) is 2.26. The standard InChI is InChI=1S/C13H13NO3/c1-8-6-12(15)10-7-9(3-5-13(16)17)2-4-11(10)14-8/h2,4,6-7H,3,5H2,1H3,(H,14,15)(H,16,17). The van der Waals surface area contributed by atoms with Crippen LogP contribution in [0.15, 0.2) is 29.1 Å². The van der Waals surface area contributed by atoms with Gasteiger partial charge < -0.3 is 10.1 Å². The number of carboxylic acids is 1. The van der Waals surface area contributed by atoms with Crippen LogP contribution >= 0.6 is 0 Å². The number of nitrogens with one attached hydrogen (secondary N) is 1. The molecular weight excluding hydrogens is 218 g/mol. The number of H-pyrrole nitrogens is 1. The Morgan fingerprint density at radius 3 is 2.82 bits per heavy atom. The van der Waals surface area contributed by atoms with E-state index in [2.05, 4.69) is 4.98 Å². The second-order valence-corrected chi connectivity index (χ2v) is 4.09. The molecule has 17 heavy (non-hydrogen) atoms. The van der Waals surface area contributed by atoms with Crippen molar-refractivity contribution in [3.8, 4) is 0 Å². The fraction of sp³-hybridized carbons (Fsp3) is 0.231. The maximum absolute atomic E-state index is 11.8. The van der Waals surface area contributed by atoms with Crippen molar-refractivity contribution in [2.45, 2.75) is 19.8 Å². The smallest absolute Gasteiger partial charge is 0.303 e. The van der Waals surface area contributed by atoms with Gasteiger partial charge in [-0.15, -0.1) is 0 Å². The molecule has 0 unspecified atom stereocenters. The molecule has 0 atom stereocenters. The van der Waals surface area contributed by atoms with Gasteiger partial charge in [-0.1, -0.05) is 6.07 Å². The van der Waals surface area contributed by atoms with E-state index in [9.17, 15) is 9.59 Å². The van der Waals surface area contributed by atoms with Gasteiger partial charge in [-0.2, -0.15) is 0 Å². The highest BCUT2D eigenvalue weighted by Crippen LogP contribution is 2.12. The van der Waals surface area contributed by atoms with E-state index in [1.54, 1.807) is 12.1 Å². The number of aryl methyl sites for hydroxylation is 2. The topological polar surface area (TPSA) is 70.2 Å². The van der Waals surface area contributed by atoms with E-state index in [1.807, 2.05) is 19.1 Å². The lowest BCUT2D eigenvalue weighted by Gasteiger charge is -2.03. The molecule has 88 valence electrons. The molecule has 1 aromatic carbocycles. The van der Waals surface area contributed by atoms with E-state index >= 15 is 0 Å². The molecule has 0 spiro atoms. The van der Waals surface area contributed by atoms with Gasteiger partial charge in [0.1, 0.15) is 0 Å². The van der Waals surface area contributed by atoms with Crippen LogP contribution in [-0.4, -0.2) is 16.1 Å². The summed E-state index contributed by atoms with van der Waals surface area (Å²) in [5.74, 6) is -0.831. The summed E-state index contributed by atoms with van der Waals surface area (Å²) in [6, 6.07) is 6.97. The molecule has 0 saturated carbocycles. The molecule has 2 N–H and O–H groups in total. The Hall–Kier alpha value is -2.10. The van der Waals surface area contributed by atoms with E-state index in [-0.39, 0.29) is 11.8 Å². The third-order valence-corrected chi connectivity index (χ3v) is 2.66. The highest BCUT2D eigenvalue weighted by atomic mass is 16.4. The first-order chi connectivity index (χ1) is 8.06. The Labute approximate surface area is 97.9 Å². The molecule has 1 aromatic heterocycles. The molecule has 1 heterocycles. The maximum atomic E-state index is 11.8. The minimum atomic E-state index is -0.831. The molecule has 2 rings (SSSR count). The fourth-order valence-corrected chi connectivity index (χ4v) is 1.83. The second-order valence-electron chi connectivity index (χ2n) is 4.09. The normalized spacial score (nSPS) is 10.6. The number of pyridine rings is 1. The molecule has 2 aromatic rings. The summed E-state index contributed by atoms with van der Waals surface area (Å²) in [7, 11) is 0. The first-order valence-corrected chi connectivity index (χ1v) is 5.40. The Bertz CT molecular complexity index is 628. The molecule has 0 aliphatic rings. The van der Waals surface area contributed by atoms with Crippen molar-refractivity contribution >= 4 is 16.9 Å². The number of aromatic nitrogens is 1. The van der Waals surface area contributed by atoms with Gasteiger partial charge in [0.25, 0.3) is 0 Å². The highest BCUT2D eigenvalue weighted by molar-refractivity contribution is 5.79. The van der Waals surface area contributed by atoms with Crippen molar-refractivity contribution in [1.29, 1.82) is 0 Å². The second kappa shape index (κ2) is 4.41. The third-order valence-electron chi connectivity index (χ3n) is 2.66. The van der Waals surface area contributed by atoms with Crippen LogP contribution in [0.2, 0.25) is 0 Å². The molecule has 4 heteroatoms. The number of aliphatic carboxylic acids is 1. The highest BCUT2D eigenvalue weighted by Gasteiger charge is 2.03. The van der Waals surface area contributed by atoms with E-state index in [0.717, 1.165) is 16.8 Å². The average molecular weight is 231 g/mol. The van der Waals surface area contributed by atoms with Gasteiger partial charge in [-0.25, -0.2) is 0 Å². The van der Waals surface area contributed by atoms with Crippen LogP contribution in [0.4, 0.5) is 0 Å². The molecule has 0 aliphatic heterocycles. The van der Waals surface area contributed by atoms with Crippen LogP contribution in [0.3, 0.4) is 0 Å². The number of carbonyl (C=O) groups is 1. The number of carboxylic acid groups (broad SMARTS) is 1. The van der Waals surface area contributed by atoms with Crippen LogP contribution in [0, 0.1) is 6.92 Å². The molecule has 0 fully saturated rings. The fourth-order valence-electron chi connectivity index (χ4n) is 1.83. The predicted octanol–water partition coefficient (Wildman–Crippen LogP) is 1.85. The zero-order valence-corrected chi connectivity index (χ0v) is 9.49. The van der Waals surface area contributed by atoms with Gasteiger partial charge in [0.15, 0.2) is 5.43 Å². The zero-order chi connectivity index (χ0) is 12.4. The molecule has 4 nitrogen and oxygen atoms in total. The van der Waals surface area contributed by atoms with Gasteiger partial charge >= 0.3 is 5.97 Å². The zero-order valence-electron chi connectivity index (χ0n) is 9.49. The minimum absolute atomic E-state index is 0.0339. The van der Waals surface area contributed by atoms with Crippen molar-refractivity contribution < 1.29 is 9.90 Å². The lowest BCUT2D eigenvalue weighted by molar-refractivity contribution is -0.136. The maximum Gasteiger partial charge on any atom is 0.303 e. The first-order valence-electron chi connectivity index (χ1n) is 5.40. The lowest BCUT2D eigenvalue weighted by Crippen LogP contribution is -2.04. The number of benzene rings is 1. The molecule has 0 saturated heterocycles. The SMILES string of the molecule is Cc1cc(=O)c2cc(CCC(=O)O)ccc2[nH]1. The quantitative estimate of drug-likeness (QED) is 0.846. The van der Waals surface area contributed by atoms with Crippen molar-refractivity contribution in [1.82, 2.24) is 4.98 Å². The molecule has 0 aliphatic carbocycles. The van der Waals surface area contributed by atoms with Gasteiger partial charge in [-0.05, 0) is 31.0 Å². The Kier molecular flexibility index (Phi) is 2.95. The van der Waals surface area contributed by atoms with E-state index < -0.39 is 5.97 Å². The first kappa shape index (κ1) is 11.4. The van der Waals surface area contributed by atoms with Crippen molar-refractivity contribution in [2.24, 2.45) is 0 Å². The summed E-state index contributed by atoms with van der Waals surface area (Å²) in [5.41, 5.74) is 2.44. The van der Waals surface area contributed by atoms with E-state index in [1.165, 1.54) is 0 Å². The summed E-state index contributed by atoms with van der Waals surface area (Å²) in [4.78, 5) is 25.3. The van der Waals surface area contributed by atoms with Gasteiger partial charge in [-0.3, -0.25) is 9.59 Å². The van der Waals surface area contributed by atoms with Crippen molar-refractivity contribution in [3.05, 3.63) is 45.7 Å². The van der Waals surface area contributed by atoms with Crippen LogP contribution in [0.5, 0.6) is 0 Å². The van der Waals surface area contributed by atoms with Crippen LogP contribution in [0.1, 0.15) is 17.7 Å². The summed E-state index contributed by atoms with van der Waals surface area (Å²) < 4.78 is 0. The van der Waals surface area contributed by atoms with Crippen LogP contribution in [0.25, 0.3) is 10.9 Å². The summed E-state index contributed by atoms with van der Waals surface area (Å²) >= 11 is 0. The lowest BCUT2D eigenvalue weighted by atomic mass is 10.1. The number of hydrogen-bond donors (Lipinski definition) is 2. The monoisotopic (exact) mass is 231 g/mol.